The van der Waals surface area contributed by atoms with Gasteiger partial charge in [-0.1, -0.05) is 0 Å². The van der Waals surface area contributed by atoms with E-state index >= 15 is 0 Å². The molecule has 0 bridgehead atoms. The van der Waals surface area contributed by atoms with Gasteiger partial charge in [-0.3, -0.25) is 19.9 Å². The fourth-order valence-electron chi connectivity index (χ4n) is 2.46. The molecule has 0 fully saturated rings. The van der Waals surface area contributed by atoms with Crippen LogP contribution in [0.2, 0.25) is 0 Å². The Hall–Kier alpha value is -3.29. The zero-order valence-corrected chi connectivity index (χ0v) is 13.4. The Labute approximate surface area is 142 Å². The maximum Gasteiger partial charge on any atom is 0.271 e. The first-order valence-electron chi connectivity index (χ1n) is 7.61. The third-order valence-electron chi connectivity index (χ3n) is 3.81. The van der Waals surface area contributed by atoms with E-state index in [9.17, 15) is 19.3 Å². The Balaban J connectivity index is 1.75. The van der Waals surface area contributed by atoms with Crippen molar-refractivity contribution in [2.75, 3.05) is 16.9 Å². The van der Waals surface area contributed by atoms with Crippen LogP contribution in [0, 0.1) is 15.9 Å². The number of carbonyl (C=O) groups excluding carboxylic acids is 1. The molecule has 2 aromatic rings. The van der Waals surface area contributed by atoms with Gasteiger partial charge in [-0.05, 0) is 37.3 Å². The van der Waals surface area contributed by atoms with Crippen LogP contribution in [0.3, 0.4) is 0 Å². The average Bonchev–Trinajstić information content (AvgIpc) is 3.03. The lowest BCUT2D eigenvalue weighted by molar-refractivity contribution is -0.384. The SMILES string of the molecule is CC1=NN(c2ccc(C(=O)Nc3cc([N+](=O)[O-])ccc3F)cc2)CC1. The molecule has 0 spiro atoms. The molecule has 1 N–H and O–H groups in total. The molecular formula is C17H15FN4O3. The van der Waals surface area contributed by atoms with Crippen LogP contribution in [0.25, 0.3) is 0 Å². The summed E-state index contributed by atoms with van der Waals surface area (Å²) >= 11 is 0. The zero-order valence-electron chi connectivity index (χ0n) is 13.4. The minimum Gasteiger partial charge on any atom is -0.319 e. The van der Waals surface area contributed by atoms with Crippen LogP contribution >= 0.6 is 0 Å². The molecule has 0 saturated carbocycles. The van der Waals surface area contributed by atoms with Gasteiger partial charge in [0.1, 0.15) is 5.82 Å². The van der Waals surface area contributed by atoms with Crippen LogP contribution in [-0.4, -0.2) is 23.1 Å². The Morgan fingerprint density at radius 1 is 1.28 bits per heavy atom. The number of anilines is 2. The Kier molecular flexibility index (Phi) is 4.42. The molecule has 1 aliphatic rings. The van der Waals surface area contributed by atoms with Gasteiger partial charge in [0.05, 0.1) is 16.3 Å². The molecule has 0 aromatic heterocycles. The molecule has 1 aliphatic heterocycles. The summed E-state index contributed by atoms with van der Waals surface area (Å²) in [6.07, 6.45) is 0.897. The maximum atomic E-state index is 13.8. The summed E-state index contributed by atoms with van der Waals surface area (Å²) in [5.74, 6) is -1.29. The van der Waals surface area contributed by atoms with Crippen molar-refractivity contribution in [1.82, 2.24) is 0 Å². The summed E-state index contributed by atoms with van der Waals surface area (Å²) in [5.41, 5.74) is 1.69. The van der Waals surface area contributed by atoms with Crippen LogP contribution in [0.15, 0.2) is 47.6 Å². The minimum absolute atomic E-state index is 0.233. The van der Waals surface area contributed by atoms with Gasteiger partial charge in [0.25, 0.3) is 11.6 Å². The van der Waals surface area contributed by atoms with Gasteiger partial charge >= 0.3 is 0 Å². The van der Waals surface area contributed by atoms with E-state index in [4.69, 9.17) is 0 Å². The number of benzene rings is 2. The molecule has 7 nitrogen and oxygen atoms in total. The predicted molar refractivity (Wildman–Crippen MR) is 92.5 cm³/mol. The van der Waals surface area contributed by atoms with Crippen molar-refractivity contribution in [2.24, 2.45) is 5.10 Å². The predicted octanol–water partition coefficient (Wildman–Crippen LogP) is 3.57. The number of hydrogen-bond acceptors (Lipinski definition) is 5. The summed E-state index contributed by atoms with van der Waals surface area (Å²) in [5, 5.41) is 19.3. The Morgan fingerprint density at radius 3 is 2.60 bits per heavy atom. The number of nitrogens with zero attached hydrogens (tertiary/aromatic N) is 3. The van der Waals surface area contributed by atoms with E-state index in [-0.39, 0.29) is 11.4 Å². The van der Waals surface area contributed by atoms with Crippen LogP contribution < -0.4 is 10.3 Å². The quantitative estimate of drug-likeness (QED) is 0.679. The van der Waals surface area contributed by atoms with Crippen LogP contribution in [0.1, 0.15) is 23.7 Å². The van der Waals surface area contributed by atoms with Gasteiger partial charge in [-0.2, -0.15) is 5.10 Å². The Morgan fingerprint density at radius 2 is 2.00 bits per heavy atom. The number of nitro benzene ring substituents is 1. The number of rotatable bonds is 4. The fourth-order valence-corrected chi connectivity index (χ4v) is 2.46. The maximum absolute atomic E-state index is 13.8. The van der Waals surface area contributed by atoms with E-state index < -0.39 is 16.6 Å². The summed E-state index contributed by atoms with van der Waals surface area (Å²) in [6, 6.07) is 9.68. The molecule has 1 amide bonds. The molecule has 128 valence electrons. The molecule has 0 radical (unpaired) electrons. The first kappa shape index (κ1) is 16.6. The topological polar surface area (TPSA) is 87.8 Å². The smallest absolute Gasteiger partial charge is 0.271 e. The van der Waals surface area contributed by atoms with Gasteiger partial charge in [-0.15, -0.1) is 0 Å². The van der Waals surface area contributed by atoms with Gasteiger partial charge < -0.3 is 5.32 Å². The van der Waals surface area contributed by atoms with E-state index in [2.05, 4.69) is 10.4 Å². The van der Waals surface area contributed by atoms with E-state index in [1.165, 1.54) is 0 Å². The number of nitro groups is 1. The third-order valence-corrected chi connectivity index (χ3v) is 3.81. The lowest BCUT2D eigenvalue weighted by atomic mass is 10.1. The highest BCUT2D eigenvalue weighted by molar-refractivity contribution is 6.04. The second kappa shape index (κ2) is 6.68. The van der Waals surface area contributed by atoms with Gasteiger partial charge in [0.15, 0.2) is 0 Å². The van der Waals surface area contributed by atoms with Crippen molar-refractivity contribution in [1.29, 1.82) is 0 Å². The fraction of sp³-hybridized carbons (Fsp3) is 0.176. The number of hydrogen-bond donors (Lipinski definition) is 1. The molecular weight excluding hydrogens is 327 g/mol. The van der Waals surface area contributed by atoms with Gasteiger partial charge in [0, 0.05) is 36.4 Å². The highest BCUT2D eigenvalue weighted by Gasteiger charge is 2.16. The number of nitrogens with one attached hydrogen (secondary N) is 1. The molecule has 0 atom stereocenters. The van der Waals surface area contributed by atoms with Crippen LogP contribution in [0.5, 0.6) is 0 Å². The lowest BCUT2D eigenvalue weighted by Crippen LogP contribution is -2.15. The van der Waals surface area contributed by atoms with Crippen molar-refractivity contribution < 1.29 is 14.1 Å². The van der Waals surface area contributed by atoms with Crippen molar-refractivity contribution in [3.63, 3.8) is 0 Å². The number of carbonyl (C=O) groups is 1. The number of hydrazone groups is 1. The second-order valence-corrected chi connectivity index (χ2v) is 5.63. The highest BCUT2D eigenvalue weighted by atomic mass is 19.1. The molecule has 1 heterocycles. The van der Waals surface area contributed by atoms with E-state index in [1.54, 1.807) is 24.3 Å². The van der Waals surface area contributed by atoms with E-state index in [0.29, 0.717) is 5.56 Å². The Bertz CT molecular complexity index is 865. The average molecular weight is 342 g/mol. The first-order chi connectivity index (χ1) is 11.9. The normalized spacial score (nSPS) is 13.5. The molecule has 8 heteroatoms. The second-order valence-electron chi connectivity index (χ2n) is 5.63. The van der Waals surface area contributed by atoms with Crippen molar-refractivity contribution in [3.8, 4) is 0 Å². The summed E-state index contributed by atoms with van der Waals surface area (Å²) < 4.78 is 13.8. The molecule has 3 rings (SSSR count). The lowest BCUT2D eigenvalue weighted by Gasteiger charge is -2.14. The van der Waals surface area contributed by atoms with Crippen molar-refractivity contribution in [3.05, 3.63) is 64.0 Å². The molecule has 0 aliphatic carbocycles. The minimum atomic E-state index is -0.738. The van der Waals surface area contributed by atoms with Crippen LogP contribution in [0.4, 0.5) is 21.5 Å². The number of halogens is 1. The van der Waals surface area contributed by atoms with Crippen molar-refractivity contribution in [2.45, 2.75) is 13.3 Å². The van der Waals surface area contributed by atoms with E-state index in [0.717, 1.165) is 42.6 Å². The summed E-state index contributed by atoms with van der Waals surface area (Å²) in [4.78, 5) is 22.4. The van der Waals surface area contributed by atoms with Crippen LogP contribution in [-0.2, 0) is 0 Å². The number of non-ortho nitro benzene ring substituents is 1. The standard InChI is InChI=1S/C17H15FN4O3/c1-11-8-9-21(20-11)13-4-2-12(3-5-13)17(23)19-16-10-14(22(24)25)6-7-15(16)18/h2-7,10H,8-9H2,1H3,(H,19,23). The monoisotopic (exact) mass is 342 g/mol. The third kappa shape index (κ3) is 3.63. The van der Waals surface area contributed by atoms with Crippen molar-refractivity contribution >= 4 is 28.7 Å². The zero-order chi connectivity index (χ0) is 18.0. The first-order valence-corrected chi connectivity index (χ1v) is 7.61. The molecule has 0 unspecified atom stereocenters. The number of amides is 1. The largest absolute Gasteiger partial charge is 0.319 e. The molecule has 0 saturated heterocycles. The summed E-state index contributed by atoms with van der Waals surface area (Å²) in [6.45, 7) is 2.74. The van der Waals surface area contributed by atoms with E-state index in [1.807, 2.05) is 11.9 Å². The van der Waals surface area contributed by atoms with Gasteiger partial charge in [0.2, 0.25) is 0 Å². The molecule has 25 heavy (non-hydrogen) atoms. The van der Waals surface area contributed by atoms with Gasteiger partial charge in [-0.25, -0.2) is 4.39 Å². The highest BCUT2D eigenvalue weighted by Crippen LogP contribution is 2.23. The molecule has 2 aromatic carbocycles. The summed E-state index contributed by atoms with van der Waals surface area (Å²) in [7, 11) is 0.